The Morgan fingerprint density at radius 3 is 1.10 bits per heavy atom. The third-order valence-corrected chi connectivity index (χ3v) is 3.81. The molecule has 0 radical (unpaired) electrons. The minimum absolute atomic E-state index is 0.488. The Morgan fingerprint density at radius 1 is 0.600 bits per heavy atom. The maximum Gasteiger partial charge on any atom is 0.489 e. The zero-order chi connectivity index (χ0) is 15.1. The van der Waals surface area contributed by atoms with Crippen molar-refractivity contribution in [2.45, 2.75) is 0 Å². The van der Waals surface area contributed by atoms with Crippen LogP contribution >= 0.6 is 31.9 Å². The quantitative estimate of drug-likeness (QED) is 0.544. The molecule has 4 nitrogen and oxygen atoms in total. The van der Waals surface area contributed by atoms with Gasteiger partial charge in [0.2, 0.25) is 0 Å². The summed E-state index contributed by atoms with van der Waals surface area (Å²) in [6.07, 6.45) is 0. The molecular weight excluding hydrogens is 390 g/mol. The van der Waals surface area contributed by atoms with Crippen LogP contribution in [0.4, 0.5) is 0 Å². The molecule has 0 aliphatic carbocycles. The molecule has 0 fully saturated rings. The molecule has 4 N–H and O–H groups in total. The summed E-state index contributed by atoms with van der Waals surface area (Å²) in [5.41, 5.74) is 0.977. The fraction of sp³-hybridized carbons (Fsp3) is 0. The second kappa shape index (κ2) is 8.61. The van der Waals surface area contributed by atoms with E-state index in [0.717, 1.165) is 0 Å². The van der Waals surface area contributed by atoms with Crippen LogP contribution in [0, 0.1) is 0 Å². The van der Waals surface area contributed by atoms with Crippen LogP contribution in [0.1, 0.15) is 0 Å². The maximum atomic E-state index is 8.73. The minimum Gasteiger partial charge on any atom is -0.423 e. The smallest absolute Gasteiger partial charge is 0.423 e. The first-order chi connectivity index (χ1) is 9.43. The lowest BCUT2D eigenvalue weighted by molar-refractivity contribution is 0.424. The lowest BCUT2D eigenvalue weighted by Gasteiger charge is -1.99. The van der Waals surface area contributed by atoms with Crippen molar-refractivity contribution in [3.8, 4) is 0 Å². The van der Waals surface area contributed by atoms with E-state index in [-0.39, 0.29) is 0 Å². The van der Waals surface area contributed by atoms with Crippen molar-refractivity contribution >= 4 is 57.0 Å². The van der Waals surface area contributed by atoms with Gasteiger partial charge in [-0.05, 0) is 23.1 Å². The Kier molecular flexibility index (Phi) is 7.50. The summed E-state index contributed by atoms with van der Waals surface area (Å²) in [6, 6.07) is 13.9. The molecule has 104 valence electrons. The number of benzene rings is 2. The molecule has 2 aromatic rings. The van der Waals surface area contributed by atoms with Crippen molar-refractivity contribution in [2.75, 3.05) is 0 Å². The Balaban J connectivity index is 0.000000200. The van der Waals surface area contributed by atoms with Crippen LogP contribution in [-0.4, -0.2) is 34.3 Å². The second-order valence-electron chi connectivity index (χ2n) is 3.79. The van der Waals surface area contributed by atoms with E-state index < -0.39 is 14.2 Å². The normalized spacial score (nSPS) is 9.50. The first kappa shape index (κ1) is 17.4. The monoisotopic (exact) mass is 400 g/mol. The lowest BCUT2D eigenvalue weighted by atomic mass is 9.80. The fourth-order valence-corrected chi connectivity index (χ4v) is 2.35. The number of hydrogen-bond donors (Lipinski definition) is 4. The second-order valence-corrected chi connectivity index (χ2v) is 5.50. The Morgan fingerprint density at radius 2 is 0.900 bits per heavy atom. The number of hydrogen-bond acceptors (Lipinski definition) is 4. The predicted molar refractivity (Wildman–Crippen MR) is 87.9 cm³/mol. The lowest BCUT2D eigenvalue weighted by Crippen LogP contribution is -2.30. The molecule has 8 heteroatoms. The van der Waals surface area contributed by atoms with E-state index >= 15 is 0 Å². The summed E-state index contributed by atoms with van der Waals surface area (Å²) in [7, 11) is -2.79. The Labute approximate surface area is 134 Å². The molecule has 0 bridgehead atoms. The topological polar surface area (TPSA) is 80.9 Å². The summed E-state index contributed by atoms with van der Waals surface area (Å²) in [6.45, 7) is 0. The van der Waals surface area contributed by atoms with Crippen LogP contribution in [-0.2, 0) is 0 Å². The van der Waals surface area contributed by atoms with E-state index in [1.165, 1.54) is 0 Å². The number of halogens is 2. The molecule has 0 aromatic heterocycles. The molecule has 0 saturated carbocycles. The van der Waals surface area contributed by atoms with Gasteiger partial charge in [0.25, 0.3) is 0 Å². The third kappa shape index (κ3) is 5.40. The molecule has 2 aromatic carbocycles. The molecule has 0 spiro atoms. The molecule has 0 aliphatic rings. The fourth-order valence-electron chi connectivity index (χ4n) is 1.37. The van der Waals surface area contributed by atoms with E-state index in [1.54, 1.807) is 36.4 Å². The zero-order valence-corrected chi connectivity index (χ0v) is 13.5. The maximum absolute atomic E-state index is 8.73. The van der Waals surface area contributed by atoms with Gasteiger partial charge < -0.3 is 20.1 Å². The van der Waals surface area contributed by atoms with Crippen LogP contribution < -0.4 is 10.9 Å². The third-order valence-electron chi connectivity index (χ3n) is 2.37. The zero-order valence-electron chi connectivity index (χ0n) is 10.3. The molecule has 0 saturated heterocycles. The average Bonchev–Trinajstić information content (AvgIpc) is 2.40. The average molecular weight is 402 g/mol. The highest BCUT2D eigenvalue weighted by Gasteiger charge is 2.13. The van der Waals surface area contributed by atoms with Crippen molar-refractivity contribution in [1.29, 1.82) is 0 Å². The molecule has 0 unspecified atom stereocenters. The van der Waals surface area contributed by atoms with Crippen LogP contribution in [0.15, 0.2) is 57.5 Å². The van der Waals surface area contributed by atoms with Crippen LogP contribution in [0.2, 0.25) is 0 Å². The van der Waals surface area contributed by atoms with E-state index in [1.807, 2.05) is 12.1 Å². The molecule has 0 amide bonds. The molecule has 20 heavy (non-hydrogen) atoms. The summed E-state index contributed by atoms with van der Waals surface area (Å²) in [5.74, 6) is 0. The SMILES string of the molecule is OB(O)c1ccccc1Br.OB(O)c1ccccc1Br. The Hall–Kier alpha value is -0.630. The van der Waals surface area contributed by atoms with Crippen molar-refractivity contribution in [2.24, 2.45) is 0 Å². The Bertz CT molecular complexity index is 503. The predicted octanol–water partition coefficient (Wildman–Crippen LogP) is 0.258. The minimum atomic E-state index is -1.39. The van der Waals surface area contributed by atoms with Crippen LogP contribution in [0.3, 0.4) is 0 Å². The summed E-state index contributed by atoms with van der Waals surface area (Å²) >= 11 is 6.35. The van der Waals surface area contributed by atoms with E-state index in [2.05, 4.69) is 31.9 Å². The van der Waals surface area contributed by atoms with Gasteiger partial charge in [0.15, 0.2) is 0 Å². The van der Waals surface area contributed by atoms with Crippen molar-refractivity contribution in [1.82, 2.24) is 0 Å². The first-order valence-electron chi connectivity index (χ1n) is 5.64. The van der Waals surface area contributed by atoms with E-state index in [9.17, 15) is 0 Å². The van der Waals surface area contributed by atoms with Gasteiger partial charge in [-0.15, -0.1) is 0 Å². The molecule has 0 aliphatic heterocycles. The highest BCUT2D eigenvalue weighted by atomic mass is 79.9. The van der Waals surface area contributed by atoms with Gasteiger partial charge in [-0.1, -0.05) is 68.3 Å². The first-order valence-corrected chi connectivity index (χ1v) is 7.23. The van der Waals surface area contributed by atoms with Crippen molar-refractivity contribution in [3.05, 3.63) is 57.5 Å². The van der Waals surface area contributed by atoms with Gasteiger partial charge in [-0.3, -0.25) is 0 Å². The highest BCUT2D eigenvalue weighted by Crippen LogP contribution is 2.05. The molecule has 0 heterocycles. The van der Waals surface area contributed by atoms with Crippen molar-refractivity contribution < 1.29 is 20.1 Å². The van der Waals surface area contributed by atoms with Gasteiger partial charge in [0.05, 0.1) is 0 Å². The largest absolute Gasteiger partial charge is 0.489 e. The van der Waals surface area contributed by atoms with E-state index in [4.69, 9.17) is 20.1 Å². The molecule has 0 atom stereocenters. The standard InChI is InChI=1S/2C6H6BBrO2/c2*8-6-4-2-1-3-5(6)7(9)10/h2*1-4,9-10H. The summed E-state index contributed by atoms with van der Waals surface area (Å²) < 4.78 is 1.43. The van der Waals surface area contributed by atoms with Gasteiger partial charge in [-0.25, -0.2) is 0 Å². The van der Waals surface area contributed by atoms with E-state index in [0.29, 0.717) is 19.9 Å². The van der Waals surface area contributed by atoms with Crippen molar-refractivity contribution in [3.63, 3.8) is 0 Å². The van der Waals surface area contributed by atoms with Crippen LogP contribution in [0.25, 0.3) is 0 Å². The summed E-state index contributed by atoms with van der Waals surface area (Å²) in [4.78, 5) is 0. The summed E-state index contributed by atoms with van der Waals surface area (Å²) in [5, 5.41) is 34.9. The molecule has 2 rings (SSSR count). The highest BCUT2D eigenvalue weighted by molar-refractivity contribution is 9.11. The van der Waals surface area contributed by atoms with Gasteiger partial charge in [0.1, 0.15) is 0 Å². The van der Waals surface area contributed by atoms with Gasteiger partial charge in [-0.2, -0.15) is 0 Å². The van der Waals surface area contributed by atoms with Gasteiger partial charge in [0, 0.05) is 8.95 Å². The van der Waals surface area contributed by atoms with Gasteiger partial charge >= 0.3 is 14.2 Å². The number of rotatable bonds is 2. The molecular formula is C12H12B2Br2O4. The van der Waals surface area contributed by atoms with Crippen LogP contribution in [0.5, 0.6) is 0 Å².